The topological polar surface area (TPSA) is 109 Å². The Morgan fingerprint density at radius 3 is 2.61 bits per heavy atom. The van der Waals surface area contributed by atoms with Crippen LogP contribution in [-0.4, -0.2) is 54.0 Å². The van der Waals surface area contributed by atoms with Crippen molar-refractivity contribution < 1.29 is 27.9 Å². The van der Waals surface area contributed by atoms with Gasteiger partial charge in [-0.1, -0.05) is 6.42 Å². The number of rotatable bonds is 8. The molecule has 0 heterocycles. The van der Waals surface area contributed by atoms with Crippen LogP contribution in [0.15, 0.2) is 29.3 Å². The molecule has 176 valence electrons. The Morgan fingerprint density at radius 2 is 2.03 bits per heavy atom. The highest BCUT2D eigenvalue weighted by atomic mass is 127. The van der Waals surface area contributed by atoms with Gasteiger partial charge in [0.15, 0.2) is 5.96 Å². The van der Waals surface area contributed by atoms with Crippen molar-refractivity contribution in [3.05, 3.63) is 34.4 Å². The van der Waals surface area contributed by atoms with E-state index in [0.717, 1.165) is 0 Å². The van der Waals surface area contributed by atoms with Crippen LogP contribution in [0.4, 0.5) is 18.9 Å². The number of nitrogens with zero attached hydrogens (tertiary/aromatic N) is 2. The van der Waals surface area contributed by atoms with Gasteiger partial charge < -0.3 is 20.5 Å². The Hall–Kier alpha value is -1.83. The van der Waals surface area contributed by atoms with E-state index in [9.17, 15) is 28.4 Å². The maximum Gasteiger partial charge on any atom is 0.391 e. The molecule has 0 aliphatic heterocycles. The lowest BCUT2D eigenvalue weighted by Gasteiger charge is -2.32. The number of aliphatic hydroxyl groups is 1. The van der Waals surface area contributed by atoms with Crippen LogP contribution < -0.4 is 15.4 Å². The minimum absolute atomic E-state index is 0. The van der Waals surface area contributed by atoms with E-state index in [1.54, 1.807) is 0 Å². The molecule has 0 spiro atoms. The molecule has 1 aliphatic rings. The monoisotopic (exact) mass is 560 g/mol. The quantitative estimate of drug-likeness (QED) is 0.147. The van der Waals surface area contributed by atoms with Gasteiger partial charge in [0.2, 0.25) is 0 Å². The predicted octanol–water partition coefficient (Wildman–Crippen LogP) is 3.63. The third kappa shape index (κ3) is 9.46. The highest BCUT2D eigenvalue weighted by Gasteiger charge is 2.42. The molecular formula is C19H28F3IN4O4. The van der Waals surface area contributed by atoms with E-state index in [1.165, 1.54) is 24.3 Å². The lowest BCUT2D eigenvalue weighted by molar-refractivity contribution is -0.384. The molecule has 1 aromatic rings. The van der Waals surface area contributed by atoms with E-state index in [1.807, 2.05) is 6.92 Å². The zero-order chi connectivity index (χ0) is 22.1. The van der Waals surface area contributed by atoms with Crippen molar-refractivity contribution in [2.75, 3.05) is 19.7 Å². The Kier molecular flexibility index (Phi) is 11.3. The Labute approximate surface area is 195 Å². The van der Waals surface area contributed by atoms with E-state index in [0.29, 0.717) is 31.1 Å². The summed E-state index contributed by atoms with van der Waals surface area (Å²) in [5.41, 5.74) is -0.0654. The summed E-state index contributed by atoms with van der Waals surface area (Å²) in [6, 6.07) is 5.12. The number of halogens is 4. The van der Waals surface area contributed by atoms with E-state index >= 15 is 0 Å². The number of alkyl halides is 3. The Bertz CT molecular complexity index is 719. The number of nitrogens with one attached hydrogen (secondary N) is 2. The number of nitro benzene ring substituents is 1. The molecule has 31 heavy (non-hydrogen) atoms. The normalized spacial score (nSPS) is 20.4. The molecule has 1 aromatic carbocycles. The molecule has 0 saturated heterocycles. The second-order valence-electron chi connectivity index (χ2n) is 7.18. The summed E-state index contributed by atoms with van der Waals surface area (Å²) in [6.07, 6.45) is -3.88. The molecule has 3 N–H and O–H groups in total. The lowest BCUT2D eigenvalue weighted by Crippen LogP contribution is -2.47. The molecule has 8 nitrogen and oxygen atoms in total. The molecule has 0 aromatic heterocycles. The van der Waals surface area contributed by atoms with Crippen LogP contribution in [0.1, 0.15) is 32.6 Å². The first kappa shape index (κ1) is 27.2. The molecule has 2 rings (SSSR count). The van der Waals surface area contributed by atoms with Crippen LogP contribution >= 0.6 is 24.0 Å². The highest BCUT2D eigenvalue weighted by molar-refractivity contribution is 14.0. The number of guanidine groups is 1. The van der Waals surface area contributed by atoms with Crippen LogP contribution in [0.5, 0.6) is 5.75 Å². The standard InChI is InChI=1S/C19H27F3N4O4.HI/c1-2-23-18(25-14-5-3-4-13(10-14)19(20,21)22)24-11-16(27)12-30-17-8-6-15(7-9-17)26(28)29;/h6-9,13-14,16,27H,2-5,10-12H2,1H3,(H2,23,24,25);1H. The zero-order valence-electron chi connectivity index (χ0n) is 17.1. The van der Waals surface area contributed by atoms with Gasteiger partial charge in [0, 0.05) is 24.7 Å². The van der Waals surface area contributed by atoms with Crippen molar-refractivity contribution >= 4 is 35.6 Å². The smallest absolute Gasteiger partial charge is 0.391 e. The molecule has 3 unspecified atom stereocenters. The predicted molar refractivity (Wildman–Crippen MR) is 121 cm³/mol. The minimum Gasteiger partial charge on any atom is -0.491 e. The molecule has 3 atom stereocenters. The number of benzene rings is 1. The van der Waals surface area contributed by atoms with Crippen LogP contribution in [0.25, 0.3) is 0 Å². The maximum absolute atomic E-state index is 13.0. The van der Waals surface area contributed by atoms with Crippen molar-refractivity contribution in [2.24, 2.45) is 10.9 Å². The number of aliphatic imine (C=N–C) groups is 1. The summed E-state index contributed by atoms with van der Waals surface area (Å²) in [5, 5.41) is 26.7. The van der Waals surface area contributed by atoms with E-state index in [-0.39, 0.29) is 61.7 Å². The van der Waals surface area contributed by atoms with Crippen molar-refractivity contribution in [1.29, 1.82) is 0 Å². The first-order valence-corrected chi connectivity index (χ1v) is 9.86. The fourth-order valence-corrected chi connectivity index (χ4v) is 3.24. The van der Waals surface area contributed by atoms with Crippen LogP contribution in [0.3, 0.4) is 0 Å². The highest BCUT2D eigenvalue weighted by Crippen LogP contribution is 2.37. The number of ether oxygens (including phenoxy) is 1. The SMILES string of the molecule is CCNC(=NCC(O)COc1ccc([N+](=O)[O-])cc1)NC1CCCC(C(F)(F)F)C1.I. The number of hydrogen-bond donors (Lipinski definition) is 3. The number of non-ortho nitro benzene ring substituents is 1. The van der Waals surface area contributed by atoms with Gasteiger partial charge in [-0.15, -0.1) is 24.0 Å². The van der Waals surface area contributed by atoms with Gasteiger partial charge in [0.25, 0.3) is 5.69 Å². The van der Waals surface area contributed by atoms with E-state index < -0.39 is 23.1 Å². The lowest BCUT2D eigenvalue weighted by atomic mass is 9.85. The van der Waals surface area contributed by atoms with E-state index in [2.05, 4.69) is 15.6 Å². The van der Waals surface area contributed by atoms with Crippen molar-refractivity contribution in [3.8, 4) is 5.75 Å². The summed E-state index contributed by atoms with van der Waals surface area (Å²) in [5.74, 6) is -0.596. The Balaban J connectivity index is 0.00000480. The van der Waals surface area contributed by atoms with E-state index in [4.69, 9.17) is 4.74 Å². The first-order valence-electron chi connectivity index (χ1n) is 9.86. The molecule has 12 heteroatoms. The van der Waals surface area contributed by atoms with Crippen molar-refractivity contribution in [2.45, 2.75) is 50.9 Å². The zero-order valence-corrected chi connectivity index (χ0v) is 19.4. The molecular weight excluding hydrogens is 532 g/mol. The van der Waals surface area contributed by atoms with Gasteiger partial charge in [0.05, 0.1) is 17.4 Å². The van der Waals surface area contributed by atoms with Gasteiger partial charge in [-0.05, 0) is 38.3 Å². The second-order valence-corrected chi connectivity index (χ2v) is 7.18. The average molecular weight is 560 g/mol. The average Bonchev–Trinajstić information content (AvgIpc) is 2.70. The molecule has 1 fully saturated rings. The summed E-state index contributed by atoms with van der Waals surface area (Å²) < 4.78 is 44.3. The third-order valence-electron chi connectivity index (χ3n) is 4.77. The van der Waals surface area contributed by atoms with Crippen molar-refractivity contribution in [3.63, 3.8) is 0 Å². The molecule has 1 saturated carbocycles. The fourth-order valence-electron chi connectivity index (χ4n) is 3.24. The second kappa shape index (κ2) is 12.9. The summed E-state index contributed by atoms with van der Waals surface area (Å²) in [6.45, 7) is 2.26. The van der Waals surface area contributed by atoms with Crippen molar-refractivity contribution in [1.82, 2.24) is 10.6 Å². The van der Waals surface area contributed by atoms with Gasteiger partial charge in [0.1, 0.15) is 18.5 Å². The van der Waals surface area contributed by atoms with Gasteiger partial charge in [-0.3, -0.25) is 15.1 Å². The van der Waals surface area contributed by atoms with Crippen LogP contribution in [-0.2, 0) is 0 Å². The molecule has 0 bridgehead atoms. The molecule has 1 aliphatic carbocycles. The number of nitro groups is 1. The minimum atomic E-state index is -4.19. The van der Waals surface area contributed by atoms with Gasteiger partial charge in [-0.2, -0.15) is 13.2 Å². The van der Waals surface area contributed by atoms with Gasteiger partial charge >= 0.3 is 6.18 Å². The summed E-state index contributed by atoms with van der Waals surface area (Å²) >= 11 is 0. The molecule has 0 amide bonds. The first-order chi connectivity index (χ1) is 14.2. The largest absolute Gasteiger partial charge is 0.491 e. The fraction of sp³-hybridized carbons (Fsp3) is 0.632. The third-order valence-corrected chi connectivity index (χ3v) is 4.77. The number of aliphatic hydroxyl groups excluding tert-OH is 1. The summed E-state index contributed by atoms with van der Waals surface area (Å²) in [7, 11) is 0. The Morgan fingerprint density at radius 1 is 1.35 bits per heavy atom. The van der Waals surface area contributed by atoms with Crippen LogP contribution in [0.2, 0.25) is 0 Å². The van der Waals surface area contributed by atoms with Crippen LogP contribution in [0, 0.1) is 16.0 Å². The van der Waals surface area contributed by atoms with Gasteiger partial charge in [-0.25, -0.2) is 0 Å². The summed E-state index contributed by atoms with van der Waals surface area (Å²) in [4.78, 5) is 14.3. The number of hydrogen-bond acceptors (Lipinski definition) is 5. The maximum atomic E-state index is 13.0. The molecule has 0 radical (unpaired) electrons.